The molecule has 0 bridgehead atoms. The maximum atomic E-state index is 10.5. The third-order valence-corrected chi connectivity index (χ3v) is 5.14. The topological polar surface area (TPSA) is 68.7 Å². The Labute approximate surface area is 188 Å². The van der Waals surface area contributed by atoms with Crippen LogP contribution < -0.4 is 10.2 Å². The number of rotatable bonds is 8. The quantitative estimate of drug-likeness (QED) is 0.433. The Morgan fingerprint density at radius 1 is 0.966 bits per heavy atom. The number of likely N-dealkylation sites (N-methyl/N-ethyl adjacent to an activating group) is 2. The van der Waals surface area contributed by atoms with Gasteiger partial charge in [-0.2, -0.15) is 6.61 Å². The first-order chi connectivity index (χ1) is 13.5. The van der Waals surface area contributed by atoms with Gasteiger partial charge >= 0.3 is 17.1 Å². The van der Waals surface area contributed by atoms with Crippen molar-refractivity contribution in [3.05, 3.63) is 30.1 Å². The zero-order chi connectivity index (χ0) is 20.6. The van der Waals surface area contributed by atoms with E-state index in [1.165, 1.54) is 18.5 Å². The summed E-state index contributed by atoms with van der Waals surface area (Å²) < 4.78 is 0. The summed E-state index contributed by atoms with van der Waals surface area (Å²) in [5, 5.41) is 20.5. The van der Waals surface area contributed by atoms with Gasteiger partial charge in [0.1, 0.15) is 0 Å². The maximum Gasteiger partial charge on any atom is 3.00 e. The van der Waals surface area contributed by atoms with Crippen LogP contribution in [0.25, 0.3) is 0 Å². The number of pyridine rings is 1. The van der Waals surface area contributed by atoms with Gasteiger partial charge in [0.25, 0.3) is 0 Å². The second-order valence-corrected chi connectivity index (χ2v) is 7.84. The van der Waals surface area contributed by atoms with Crippen LogP contribution in [0.3, 0.4) is 0 Å². The fourth-order valence-electron chi connectivity index (χ4n) is 3.06. The minimum atomic E-state index is -0.850. The van der Waals surface area contributed by atoms with Crippen molar-refractivity contribution in [1.82, 2.24) is 19.7 Å². The molecule has 1 aliphatic heterocycles. The van der Waals surface area contributed by atoms with Crippen molar-refractivity contribution in [1.29, 1.82) is 0 Å². The third kappa shape index (κ3) is 15.0. The van der Waals surface area contributed by atoms with E-state index in [9.17, 15) is 10.2 Å². The fraction of sp³-hybridized carbons (Fsp3) is 0.773. The van der Waals surface area contributed by atoms with Crippen molar-refractivity contribution in [2.45, 2.75) is 51.7 Å². The van der Waals surface area contributed by atoms with Gasteiger partial charge in [-0.1, -0.05) is 45.1 Å². The van der Waals surface area contributed by atoms with Crippen molar-refractivity contribution >= 4 is 0 Å². The van der Waals surface area contributed by atoms with Gasteiger partial charge in [0.05, 0.1) is 5.69 Å². The second-order valence-electron chi connectivity index (χ2n) is 7.84. The van der Waals surface area contributed by atoms with Crippen LogP contribution in [-0.2, 0) is 23.6 Å². The predicted molar refractivity (Wildman–Crippen MR) is 112 cm³/mol. The Morgan fingerprint density at radius 3 is 2.10 bits per heavy atom. The summed E-state index contributed by atoms with van der Waals surface area (Å²) in [4.78, 5) is 11.7. The fourth-order valence-corrected chi connectivity index (χ4v) is 3.06. The van der Waals surface area contributed by atoms with Crippen LogP contribution >= 0.6 is 0 Å². The van der Waals surface area contributed by atoms with Gasteiger partial charge in [0.2, 0.25) is 0 Å². The normalized spacial score (nSPS) is 17.8. The molecule has 1 radical (unpaired) electrons. The number of unbranched alkanes of at least 4 members (excludes halogenated alkanes) is 3. The van der Waals surface area contributed by atoms with Gasteiger partial charge in [-0.3, -0.25) is 9.88 Å². The van der Waals surface area contributed by atoms with Gasteiger partial charge in [0.15, 0.2) is 0 Å². The van der Waals surface area contributed by atoms with Crippen molar-refractivity contribution in [3.63, 3.8) is 0 Å². The summed E-state index contributed by atoms with van der Waals surface area (Å²) in [5.74, 6) is 0. The first kappa shape index (κ1) is 28.5. The Bertz CT molecular complexity index is 467. The molecule has 2 heterocycles. The Balaban J connectivity index is 0.000000616. The van der Waals surface area contributed by atoms with Crippen molar-refractivity contribution in [3.8, 4) is 0 Å². The van der Waals surface area contributed by atoms with Crippen LogP contribution in [-0.4, -0.2) is 85.8 Å². The molecule has 7 heteroatoms. The number of nitrogens with zero attached hydrogens (tertiary/aromatic N) is 4. The summed E-state index contributed by atoms with van der Waals surface area (Å²) in [7, 11) is 4.41. The van der Waals surface area contributed by atoms with E-state index in [-0.39, 0.29) is 17.1 Å². The number of hydrogen-bond donors (Lipinski definition) is 0. The molecular formula is C22H40FeN4O2+. The van der Waals surface area contributed by atoms with Crippen LogP contribution in [0.2, 0.25) is 0 Å². The molecule has 0 aromatic carbocycles. The molecule has 6 nitrogen and oxygen atoms in total. The summed E-state index contributed by atoms with van der Waals surface area (Å²) in [6.07, 6.45) is 6.01. The van der Waals surface area contributed by atoms with Crippen LogP contribution in [0, 0.1) is 0 Å². The minimum Gasteiger partial charge on any atom is -0.855 e. The summed E-state index contributed by atoms with van der Waals surface area (Å²) in [5.41, 5.74) is 1.17. The Kier molecular flexibility index (Phi) is 17.9. The molecule has 29 heavy (non-hydrogen) atoms. The second kappa shape index (κ2) is 18.3. The first-order valence-electron chi connectivity index (χ1n) is 10.8. The molecule has 1 fully saturated rings. The predicted octanol–water partition coefficient (Wildman–Crippen LogP) is 0.804. The molecule has 1 unspecified atom stereocenters. The van der Waals surface area contributed by atoms with Gasteiger partial charge in [0, 0.05) is 52.0 Å². The van der Waals surface area contributed by atoms with Gasteiger partial charge in [-0.15, -0.1) is 6.10 Å². The summed E-state index contributed by atoms with van der Waals surface area (Å²) in [6.45, 7) is 9.49. The number of aromatic nitrogens is 1. The molecule has 0 N–H and O–H groups in total. The SMILES string of the molecule is CCCCCCC([O-])C[O-].CN1CCN(C)CCN(Cc2ccccn2)CC1.[Fe+3]. The molecule has 0 saturated carbocycles. The van der Waals surface area contributed by atoms with Crippen molar-refractivity contribution in [2.75, 3.05) is 60.0 Å². The smallest absolute Gasteiger partial charge is 0.855 e. The van der Waals surface area contributed by atoms with E-state index in [4.69, 9.17) is 0 Å². The molecule has 1 saturated heterocycles. The van der Waals surface area contributed by atoms with Crippen LogP contribution in [0.5, 0.6) is 0 Å². The average Bonchev–Trinajstić information content (AvgIpc) is 2.79. The molecule has 1 aliphatic rings. The van der Waals surface area contributed by atoms with Gasteiger partial charge in [-0.25, -0.2) is 0 Å². The monoisotopic (exact) mass is 448 g/mol. The molecule has 2 rings (SSSR count). The van der Waals surface area contributed by atoms with Crippen molar-refractivity contribution < 1.29 is 27.3 Å². The van der Waals surface area contributed by atoms with Gasteiger partial charge in [-0.05, 0) is 26.2 Å². The molecule has 0 aliphatic carbocycles. The molecule has 0 spiro atoms. The summed E-state index contributed by atoms with van der Waals surface area (Å²) >= 11 is 0. The van der Waals surface area contributed by atoms with E-state index in [0.717, 1.165) is 58.7 Å². The molecule has 1 aromatic heterocycles. The van der Waals surface area contributed by atoms with Crippen LogP contribution in [0.4, 0.5) is 0 Å². The number of hydrogen-bond acceptors (Lipinski definition) is 6. The molecule has 1 atom stereocenters. The zero-order valence-electron chi connectivity index (χ0n) is 18.5. The molecular weight excluding hydrogens is 408 g/mol. The summed E-state index contributed by atoms with van der Waals surface area (Å²) in [6, 6.07) is 6.15. The molecule has 1 aromatic rings. The van der Waals surface area contributed by atoms with Crippen LogP contribution in [0.1, 0.15) is 44.7 Å². The van der Waals surface area contributed by atoms with Crippen molar-refractivity contribution in [2.24, 2.45) is 0 Å². The standard InChI is InChI=1S/C14H24N4.C8H16O2.Fe/c1-16-7-8-17(2)10-12-18(11-9-16)13-14-5-3-4-6-15-14;1-2-3-4-5-6-8(10)7-9;/h3-6H,7-13H2,1-2H3;8H,2-7H2,1H3;/q;-2;+3. The van der Waals surface area contributed by atoms with E-state index in [2.05, 4.69) is 52.8 Å². The molecule has 167 valence electrons. The van der Waals surface area contributed by atoms with E-state index in [0.29, 0.717) is 6.42 Å². The van der Waals surface area contributed by atoms with E-state index >= 15 is 0 Å². The Morgan fingerprint density at radius 2 is 1.59 bits per heavy atom. The minimum absolute atomic E-state index is 0. The zero-order valence-corrected chi connectivity index (χ0v) is 19.6. The average molecular weight is 448 g/mol. The largest absolute Gasteiger partial charge is 3.00 e. The van der Waals surface area contributed by atoms with E-state index in [1.54, 1.807) is 0 Å². The van der Waals surface area contributed by atoms with E-state index < -0.39 is 12.7 Å². The van der Waals surface area contributed by atoms with E-state index in [1.807, 2.05) is 12.3 Å². The van der Waals surface area contributed by atoms with Crippen LogP contribution in [0.15, 0.2) is 24.4 Å². The maximum absolute atomic E-state index is 10.5. The first-order valence-corrected chi connectivity index (χ1v) is 10.8. The third-order valence-electron chi connectivity index (χ3n) is 5.14. The molecule has 0 amide bonds. The Hall–Kier alpha value is -0.531. The van der Waals surface area contributed by atoms with Gasteiger partial charge < -0.3 is 20.0 Å².